The second kappa shape index (κ2) is 4.94. The van der Waals surface area contributed by atoms with E-state index in [0.717, 1.165) is 17.1 Å². The number of halogens is 2. The van der Waals surface area contributed by atoms with E-state index in [0.29, 0.717) is 5.70 Å². The maximum absolute atomic E-state index is 13.3. The third-order valence-corrected chi connectivity index (χ3v) is 2.14. The predicted molar refractivity (Wildman–Crippen MR) is 60.1 cm³/mol. The van der Waals surface area contributed by atoms with Gasteiger partial charge in [-0.15, -0.1) is 0 Å². The zero-order valence-corrected chi connectivity index (χ0v) is 9.24. The van der Waals surface area contributed by atoms with E-state index < -0.39 is 11.6 Å². The highest BCUT2D eigenvalue weighted by Crippen LogP contribution is 2.18. The first kappa shape index (κ1) is 12.4. The molecule has 3 nitrogen and oxygen atoms in total. The number of benzene rings is 1. The van der Waals surface area contributed by atoms with E-state index in [-0.39, 0.29) is 11.6 Å². The van der Waals surface area contributed by atoms with E-state index in [9.17, 15) is 8.78 Å². The number of anilines is 1. The van der Waals surface area contributed by atoms with E-state index in [1.807, 2.05) is 13.8 Å². The van der Waals surface area contributed by atoms with Crippen LogP contribution in [-0.4, -0.2) is 0 Å². The van der Waals surface area contributed by atoms with E-state index >= 15 is 0 Å². The number of hydrogen-bond donors (Lipinski definition) is 2. The zero-order chi connectivity index (χ0) is 12.3. The fourth-order valence-corrected chi connectivity index (χ4v) is 1.07. The Bertz CT molecular complexity index is 402. The molecule has 0 radical (unpaired) electrons. The van der Waals surface area contributed by atoms with E-state index in [4.69, 9.17) is 11.6 Å². The quantitative estimate of drug-likeness (QED) is 0.614. The van der Waals surface area contributed by atoms with Crippen molar-refractivity contribution in [1.29, 1.82) is 0 Å². The Morgan fingerprint density at radius 1 is 1.38 bits per heavy atom. The molecule has 16 heavy (non-hydrogen) atoms. The molecule has 0 aliphatic rings. The normalized spacial score (nSPS) is 12.0. The van der Waals surface area contributed by atoms with Gasteiger partial charge >= 0.3 is 0 Å². The number of nitrogens with two attached hydrogens (primary N) is 2. The molecule has 88 valence electrons. The first-order valence-electron chi connectivity index (χ1n) is 4.88. The number of allylic oxidation sites excluding steroid dienone is 1. The molecule has 1 aromatic rings. The molecule has 1 aromatic carbocycles. The molecule has 0 spiro atoms. The molecular formula is C11H15F2N3. The number of hydrazine groups is 1. The first-order valence-corrected chi connectivity index (χ1v) is 4.88. The van der Waals surface area contributed by atoms with Crippen molar-refractivity contribution >= 4 is 5.69 Å². The van der Waals surface area contributed by atoms with E-state index in [1.54, 1.807) is 0 Å². The van der Waals surface area contributed by atoms with Crippen molar-refractivity contribution in [2.75, 3.05) is 5.01 Å². The lowest BCUT2D eigenvalue weighted by atomic mass is 10.1. The van der Waals surface area contributed by atoms with Gasteiger partial charge in [0.25, 0.3) is 0 Å². The minimum absolute atomic E-state index is 0.0741. The summed E-state index contributed by atoms with van der Waals surface area (Å²) in [7, 11) is 0. The fourth-order valence-electron chi connectivity index (χ4n) is 1.07. The van der Waals surface area contributed by atoms with Gasteiger partial charge in [0, 0.05) is 18.0 Å². The van der Waals surface area contributed by atoms with Gasteiger partial charge in [-0.1, -0.05) is 13.8 Å². The summed E-state index contributed by atoms with van der Waals surface area (Å²) in [5.41, 5.74) is 6.27. The second-order valence-corrected chi connectivity index (χ2v) is 3.79. The number of hydrogen-bond acceptors (Lipinski definition) is 3. The molecule has 0 aliphatic carbocycles. The Labute approximate surface area is 93.3 Å². The van der Waals surface area contributed by atoms with Gasteiger partial charge in [0.15, 0.2) is 5.82 Å². The Kier molecular flexibility index (Phi) is 3.84. The van der Waals surface area contributed by atoms with E-state index in [1.165, 1.54) is 12.3 Å². The average molecular weight is 227 g/mol. The van der Waals surface area contributed by atoms with Crippen LogP contribution in [0, 0.1) is 17.6 Å². The third kappa shape index (κ3) is 2.93. The molecule has 0 saturated heterocycles. The molecule has 0 aromatic heterocycles. The van der Waals surface area contributed by atoms with Crippen molar-refractivity contribution in [2.24, 2.45) is 17.5 Å². The van der Waals surface area contributed by atoms with Gasteiger partial charge in [-0.2, -0.15) is 0 Å². The summed E-state index contributed by atoms with van der Waals surface area (Å²) in [6, 6.07) is 3.17. The summed E-state index contributed by atoms with van der Waals surface area (Å²) in [6.07, 6.45) is 1.42. The van der Waals surface area contributed by atoms with Crippen molar-refractivity contribution in [2.45, 2.75) is 13.8 Å². The minimum Gasteiger partial charge on any atom is -0.401 e. The molecule has 0 fully saturated rings. The van der Waals surface area contributed by atoms with Crippen LogP contribution in [0.5, 0.6) is 0 Å². The van der Waals surface area contributed by atoms with Crippen LogP contribution in [0.2, 0.25) is 0 Å². The van der Waals surface area contributed by atoms with Crippen molar-refractivity contribution < 1.29 is 8.78 Å². The summed E-state index contributed by atoms with van der Waals surface area (Å²) in [5.74, 6) is 4.34. The molecular weight excluding hydrogens is 212 g/mol. The second-order valence-electron chi connectivity index (χ2n) is 3.79. The van der Waals surface area contributed by atoms with Crippen molar-refractivity contribution in [3.63, 3.8) is 0 Å². The molecule has 0 bridgehead atoms. The lowest BCUT2D eigenvalue weighted by Gasteiger charge is -2.17. The SMILES string of the molecule is CC(C)/C(N)=C/N(N)c1ccc(F)cc1F. The monoisotopic (exact) mass is 227 g/mol. The standard InChI is InChI=1S/C11H15F2N3/c1-7(2)10(14)6-16(15)11-4-3-8(12)5-9(11)13/h3-7H,14-15H2,1-2H3/b10-6-. The van der Waals surface area contributed by atoms with Crippen molar-refractivity contribution in [3.8, 4) is 0 Å². The fraction of sp³-hybridized carbons (Fsp3) is 0.273. The highest BCUT2D eigenvalue weighted by Gasteiger charge is 2.08. The molecule has 0 atom stereocenters. The van der Waals surface area contributed by atoms with Gasteiger partial charge in [0.2, 0.25) is 0 Å². The van der Waals surface area contributed by atoms with Crippen LogP contribution in [0.3, 0.4) is 0 Å². The molecule has 1 rings (SSSR count). The lowest BCUT2D eigenvalue weighted by Crippen LogP contribution is -2.27. The summed E-state index contributed by atoms with van der Waals surface area (Å²) >= 11 is 0. The largest absolute Gasteiger partial charge is 0.401 e. The molecule has 4 N–H and O–H groups in total. The zero-order valence-electron chi connectivity index (χ0n) is 9.24. The topological polar surface area (TPSA) is 55.3 Å². The maximum atomic E-state index is 13.3. The van der Waals surface area contributed by atoms with Crippen LogP contribution < -0.4 is 16.6 Å². The summed E-state index contributed by atoms with van der Waals surface area (Å²) in [4.78, 5) is 0. The third-order valence-electron chi connectivity index (χ3n) is 2.14. The van der Waals surface area contributed by atoms with Crippen molar-refractivity contribution in [3.05, 3.63) is 41.7 Å². The molecule has 0 aliphatic heterocycles. The van der Waals surface area contributed by atoms with Crippen LogP contribution in [-0.2, 0) is 0 Å². The maximum Gasteiger partial charge on any atom is 0.151 e. The predicted octanol–water partition coefficient (Wildman–Crippen LogP) is 2.10. The highest BCUT2D eigenvalue weighted by atomic mass is 19.1. The summed E-state index contributed by atoms with van der Waals surface area (Å²) in [6.45, 7) is 3.78. The molecule has 0 unspecified atom stereocenters. The summed E-state index contributed by atoms with van der Waals surface area (Å²) < 4.78 is 26.0. The number of nitrogens with zero attached hydrogens (tertiary/aromatic N) is 1. The van der Waals surface area contributed by atoms with Crippen LogP contribution in [0.1, 0.15) is 13.8 Å². The molecule has 0 saturated carbocycles. The molecule has 0 amide bonds. The van der Waals surface area contributed by atoms with Crippen LogP contribution in [0.4, 0.5) is 14.5 Å². The summed E-state index contributed by atoms with van der Waals surface area (Å²) in [5, 5.41) is 1.05. The van der Waals surface area contributed by atoms with Gasteiger partial charge in [0.1, 0.15) is 5.82 Å². The Morgan fingerprint density at radius 2 is 2.00 bits per heavy atom. The highest BCUT2D eigenvalue weighted by molar-refractivity contribution is 5.49. The van der Waals surface area contributed by atoms with Gasteiger partial charge in [-0.05, 0) is 18.1 Å². The van der Waals surface area contributed by atoms with Gasteiger partial charge in [0.05, 0.1) is 5.69 Å². The molecule has 0 heterocycles. The number of rotatable bonds is 3. The lowest BCUT2D eigenvalue weighted by molar-refractivity contribution is 0.582. The van der Waals surface area contributed by atoms with Gasteiger partial charge in [-0.3, -0.25) is 5.01 Å². The smallest absolute Gasteiger partial charge is 0.151 e. The Balaban J connectivity index is 2.97. The minimum atomic E-state index is -0.727. The van der Waals surface area contributed by atoms with Crippen molar-refractivity contribution in [1.82, 2.24) is 0 Å². The Morgan fingerprint density at radius 3 is 2.50 bits per heavy atom. The van der Waals surface area contributed by atoms with Gasteiger partial charge in [-0.25, -0.2) is 14.6 Å². The van der Waals surface area contributed by atoms with Crippen LogP contribution >= 0.6 is 0 Å². The Hall–Kier alpha value is -1.62. The molecule has 5 heteroatoms. The first-order chi connectivity index (χ1) is 7.41. The average Bonchev–Trinajstić information content (AvgIpc) is 2.16. The van der Waals surface area contributed by atoms with Crippen LogP contribution in [0.15, 0.2) is 30.1 Å². The van der Waals surface area contributed by atoms with Crippen LogP contribution in [0.25, 0.3) is 0 Å². The van der Waals surface area contributed by atoms with Gasteiger partial charge < -0.3 is 5.73 Å². The van der Waals surface area contributed by atoms with E-state index in [2.05, 4.69) is 0 Å².